The van der Waals surface area contributed by atoms with E-state index in [4.69, 9.17) is 13.9 Å². The minimum absolute atomic E-state index is 0. The minimum Gasteiger partial charge on any atom is -0.497 e. The lowest BCUT2D eigenvalue weighted by atomic mass is 9.91. The van der Waals surface area contributed by atoms with Gasteiger partial charge in [-0.2, -0.15) is 0 Å². The fourth-order valence-corrected chi connectivity index (χ4v) is 5.19. The molecule has 196 valence electrons. The first kappa shape index (κ1) is 28.3. The summed E-state index contributed by atoms with van der Waals surface area (Å²) >= 11 is 0. The van der Waals surface area contributed by atoms with Gasteiger partial charge in [0.05, 0.1) is 13.7 Å². The fraction of sp³-hybridized carbons (Fsp3) is 0.464. The standard InChI is InChI=1S/C28H34N2O4.2ClH/c1-32-22-7-4-6-21(18-22)20-30-15-13-29(14-16-30)12-5-17-33-23-10-11-25-24-8-2-3-9-26(24)28(31)34-27(25)19-23;;/h4,6-7,10-11,18-19H,2-3,5,8-9,12-17,20H2,1H3;2*1H. The van der Waals surface area contributed by atoms with Gasteiger partial charge in [-0.1, -0.05) is 12.1 Å². The quantitative estimate of drug-likeness (QED) is 0.295. The van der Waals surface area contributed by atoms with Crippen LogP contribution in [-0.4, -0.2) is 56.2 Å². The number of aryl methyl sites for hydroxylation is 1. The second-order valence-electron chi connectivity index (χ2n) is 9.38. The monoisotopic (exact) mass is 534 g/mol. The molecule has 0 saturated carbocycles. The Hall–Kier alpha value is -2.25. The molecule has 3 aromatic rings. The third-order valence-electron chi connectivity index (χ3n) is 7.09. The smallest absolute Gasteiger partial charge is 0.339 e. The van der Waals surface area contributed by atoms with E-state index in [1.165, 1.54) is 11.1 Å². The number of ether oxygens (including phenoxy) is 2. The molecule has 5 rings (SSSR count). The van der Waals surface area contributed by atoms with E-state index in [1.807, 2.05) is 18.2 Å². The molecule has 0 N–H and O–H groups in total. The van der Waals surface area contributed by atoms with Gasteiger partial charge in [0.2, 0.25) is 0 Å². The Morgan fingerprint density at radius 3 is 2.42 bits per heavy atom. The van der Waals surface area contributed by atoms with Crippen LogP contribution in [0.15, 0.2) is 51.7 Å². The number of halogens is 2. The zero-order chi connectivity index (χ0) is 23.3. The van der Waals surface area contributed by atoms with Crippen LogP contribution in [0.25, 0.3) is 11.0 Å². The van der Waals surface area contributed by atoms with E-state index in [1.54, 1.807) is 7.11 Å². The molecular formula is C28H36Cl2N2O4. The molecule has 1 fully saturated rings. The summed E-state index contributed by atoms with van der Waals surface area (Å²) in [6.45, 7) is 6.97. The Balaban J connectivity index is 0.00000180. The zero-order valence-electron chi connectivity index (χ0n) is 20.9. The number of piperazine rings is 1. The lowest BCUT2D eigenvalue weighted by Gasteiger charge is -2.34. The van der Waals surface area contributed by atoms with Gasteiger partial charge in [0.15, 0.2) is 0 Å². The molecule has 6 nitrogen and oxygen atoms in total. The van der Waals surface area contributed by atoms with Crippen molar-refractivity contribution >= 4 is 35.8 Å². The Kier molecular flexibility index (Phi) is 10.5. The molecule has 0 unspecified atom stereocenters. The van der Waals surface area contributed by atoms with Gasteiger partial charge in [0.25, 0.3) is 0 Å². The van der Waals surface area contributed by atoms with Gasteiger partial charge < -0.3 is 18.8 Å². The summed E-state index contributed by atoms with van der Waals surface area (Å²) in [6.07, 6.45) is 4.98. The number of fused-ring (bicyclic) bond motifs is 3. The average Bonchev–Trinajstić information content (AvgIpc) is 2.88. The molecule has 1 aliphatic heterocycles. The summed E-state index contributed by atoms with van der Waals surface area (Å²) in [7, 11) is 1.71. The number of rotatable bonds is 8. The van der Waals surface area contributed by atoms with Crippen molar-refractivity contribution < 1.29 is 13.9 Å². The molecule has 2 heterocycles. The van der Waals surface area contributed by atoms with Crippen LogP contribution >= 0.6 is 24.8 Å². The van der Waals surface area contributed by atoms with Gasteiger partial charge in [-0.3, -0.25) is 4.90 Å². The number of hydrogen-bond donors (Lipinski definition) is 0. The highest BCUT2D eigenvalue weighted by atomic mass is 35.5. The van der Waals surface area contributed by atoms with E-state index in [-0.39, 0.29) is 30.4 Å². The van der Waals surface area contributed by atoms with E-state index in [9.17, 15) is 4.79 Å². The summed E-state index contributed by atoms with van der Waals surface area (Å²) in [4.78, 5) is 17.4. The predicted molar refractivity (Wildman–Crippen MR) is 148 cm³/mol. The molecule has 0 atom stereocenters. The molecule has 1 aromatic heterocycles. The van der Waals surface area contributed by atoms with Crippen LogP contribution in [0.5, 0.6) is 11.5 Å². The molecule has 36 heavy (non-hydrogen) atoms. The lowest BCUT2D eigenvalue weighted by Crippen LogP contribution is -2.46. The normalized spacial score (nSPS) is 16.0. The maximum absolute atomic E-state index is 12.4. The number of nitrogens with zero attached hydrogens (tertiary/aromatic N) is 2. The van der Waals surface area contributed by atoms with Crippen LogP contribution in [0.2, 0.25) is 0 Å². The molecule has 0 radical (unpaired) electrons. The SMILES string of the molecule is COc1cccc(CN2CCN(CCCOc3ccc4c5c(c(=O)oc4c3)CCCC5)CC2)c1.Cl.Cl. The van der Waals surface area contributed by atoms with E-state index >= 15 is 0 Å². The van der Waals surface area contributed by atoms with Crippen molar-refractivity contribution in [2.45, 2.75) is 38.6 Å². The van der Waals surface area contributed by atoms with E-state index in [0.29, 0.717) is 12.2 Å². The highest BCUT2D eigenvalue weighted by Gasteiger charge is 2.19. The molecule has 0 bridgehead atoms. The summed E-state index contributed by atoms with van der Waals surface area (Å²) in [6, 6.07) is 14.3. The van der Waals surface area contributed by atoms with Crippen LogP contribution < -0.4 is 15.1 Å². The highest BCUT2D eigenvalue weighted by molar-refractivity contribution is 5.85. The van der Waals surface area contributed by atoms with Crippen molar-refractivity contribution in [1.29, 1.82) is 0 Å². The van der Waals surface area contributed by atoms with Crippen LogP contribution in [0.1, 0.15) is 36.0 Å². The van der Waals surface area contributed by atoms with E-state index in [0.717, 1.165) is 93.8 Å². The first-order chi connectivity index (χ1) is 16.7. The zero-order valence-corrected chi connectivity index (χ0v) is 22.5. The van der Waals surface area contributed by atoms with Crippen molar-refractivity contribution in [3.05, 3.63) is 69.6 Å². The molecule has 0 amide bonds. The van der Waals surface area contributed by atoms with Gasteiger partial charge in [0.1, 0.15) is 17.1 Å². The second-order valence-corrected chi connectivity index (χ2v) is 9.38. The van der Waals surface area contributed by atoms with Crippen LogP contribution in [0.3, 0.4) is 0 Å². The van der Waals surface area contributed by atoms with Gasteiger partial charge in [-0.25, -0.2) is 4.79 Å². The number of benzene rings is 2. The summed E-state index contributed by atoms with van der Waals surface area (Å²) in [5.41, 5.74) is 3.82. The van der Waals surface area contributed by atoms with Gasteiger partial charge >= 0.3 is 5.63 Å². The van der Waals surface area contributed by atoms with Gasteiger partial charge in [0, 0.05) is 56.3 Å². The summed E-state index contributed by atoms with van der Waals surface area (Å²) < 4.78 is 17.0. The van der Waals surface area contributed by atoms with Crippen molar-refractivity contribution in [2.75, 3.05) is 46.4 Å². The second kappa shape index (κ2) is 13.3. The van der Waals surface area contributed by atoms with E-state index in [2.05, 4.69) is 34.1 Å². The Morgan fingerprint density at radius 1 is 0.889 bits per heavy atom. The first-order valence-corrected chi connectivity index (χ1v) is 12.5. The van der Waals surface area contributed by atoms with Crippen molar-refractivity contribution in [1.82, 2.24) is 9.80 Å². The van der Waals surface area contributed by atoms with Crippen LogP contribution in [-0.2, 0) is 19.4 Å². The maximum Gasteiger partial charge on any atom is 0.339 e. The van der Waals surface area contributed by atoms with Crippen molar-refractivity contribution in [3.8, 4) is 11.5 Å². The Bertz CT molecular complexity index is 1190. The van der Waals surface area contributed by atoms with Crippen molar-refractivity contribution in [3.63, 3.8) is 0 Å². The Morgan fingerprint density at radius 2 is 1.64 bits per heavy atom. The number of methoxy groups -OCH3 is 1. The first-order valence-electron chi connectivity index (χ1n) is 12.5. The van der Waals surface area contributed by atoms with Crippen LogP contribution in [0.4, 0.5) is 0 Å². The van der Waals surface area contributed by atoms with E-state index < -0.39 is 0 Å². The average molecular weight is 536 g/mol. The predicted octanol–water partition coefficient (Wildman–Crippen LogP) is 5.11. The van der Waals surface area contributed by atoms with Crippen molar-refractivity contribution in [2.24, 2.45) is 0 Å². The maximum atomic E-state index is 12.4. The minimum atomic E-state index is -0.176. The van der Waals surface area contributed by atoms with Gasteiger partial charge in [-0.05, 0) is 67.5 Å². The molecule has 2 aromatic carbocycles. The molecule has 1 saturated heterocycles. The fourth-order valence-electron chi connectivity index (χ4n) is 5.19. The van der Waals surface area contributed by atoms with Gasteiger partial charge in [-0.15, -0.1) is 24.8 Å². The largest absolute Gasteiger partial charge is 0.497 e. The number of hydrogen-bond acceptors (Lipinski definition) is 6. The third-order valence-corrected chi connectivity index (χ3v) is 7.09. The Labute approximate surface area is 225 Å². The summed E-state index contributed by atoms with van der Waals surface area (Å²) in [5, 5.41) is 1.06. The molecule has 0 spiro atoms. The lowest BCUT2D eigenvalue weighted by molar-refractivity contribution is 0.121. The van der Waals surface area contributed by atoms with Crippen LogP contribution in [0, 0.1) is 0 Å². The third kappa shape index (κ3) is 6.74. The molecule has 1 aliphatic carbocycles. The topological polar surface area (TPSA) is 55.2 Å². The molecule has 8 heteroatoms. The highest BCUT2D eigenvalue weighted by Crippen LogP contribution is 2.29. The molecule has 2 aliphatic rings. The summed E-state index contributed by atoms with van der Waals surface area (Å²) in [5.74, 6) is 1.69. The molecular weight excluding hydrogens is 499 g/mol.